The molecule has 0 aromatic heterocycles. The first-order valence-corrected chi connectivity index (χ1v) is 6.84. The third-order valence-corrected chi connectivity index (χ3v) is 4.73. The van der Waals surface area contributed by atoms with Crippen molar-refractivity contribution in [3.63, 3.8) is 0 Å². The lowest BCUT2D eigenvalue weighted by atomic mass is 9.88. The molecule has 3 rings (SSSR count). The van der Waals surface area contributed by atoms with E-state index in [1.165, 1.54) is 30.4 Å². The summed E-state index contributed by atoms with van der Waals surface area (Å²) in [6, 6.07) is 0. The summed E-state index contributed by atoms with van der Waals surface area (Å²) in [5, 5.41) is 12.0. The van der Waals surface area contributed by atoms with Gasteiger partial charge in [0.1, 0.15) is 0 Å². The second-order valence-electron chi connectivity index (χ2n) is 5.53. The zero-order valence-corrected chi connectivity index (χ0v) is 10.6. The summed E-state index contributed by atoms with van der Waals surface area (Å²) < 4.78 is 5.19. The first kappa shape index (κ1) is 11.8. The Hall–Kier alpha value is -1.32. The number of hydrogen-bond donors (Lipinski definition) is 1. The van der Waals surface area contributed by atoms with Crippen LogP contribution in [0.3, 0.4) is 0 Å². The molecular weight excluding hydrogens is 230 g/mol. The van der Waals surface area contributed by atoms with Gasteiger partial charge in [0.05, 0.1) is 18.7 Å². The van der Waals surface area contributed by atoms with E-state index in [1.54, 1.807) is 6.21 Å². The van der Waals surface area contributed by atoms with Crippen LogP contribution in [0.25, 0.3) is 0 Å². The van der Waals surface area contributed by atoms with E-state index in [1.807, 2.05) is 6.92 Å². The lowest BCUT2D eigenvalue weighted by Gasteiger charge is -2.18. The lowest BCUT2D eigenvalue weighted by molar-refractivity contribution is -0.146. The summed E-state index contributed by atoms with van der Waals surface area (Å²) in [5.74, 6) is 1.17. The molecule has 3 aliphatic rings. The predicted molar refractivity (Wildman–Crippen MR) is 66.4 cm³/mol. The van der Waals surface area contributed by atoms with Gasteiger partial charge < -0.3 is 9.94 Å². The van der Waals surface area contributed by atoms with Gasteiger partial charge in [-0.3, -0.25) is 4.79 Å². The molecule has 0 amide bonds. The van der Waals surface area contributed by atoms with E-state index >= 15 is 0 Å². The van der Waals surface area contributed by atoms with Crippen molar-refractivity contribution in [3.8, 4) is 0 Å². The van der Waals surface area contributed by atoms with Crippen LogP contribution in [0.1, 0.15) is 32.6 Å². The van der Waals surface area contributed by atoms with Crippen LogP contribution in [-0.2, 0) is 9.53 Å². The second-order valence-corrected chi connectivity index (χ2v) is 5.53. The van der Waals surface area contributed by atoms with Gasteiger partial charge in [-0.2, -0.15) is 0 Å². The number of allylic oxidation sites excluding steroid dienone is 1. The lowest BCUT2D eigenvalue weighted by Crippen LogP contribution is -2.21. The van der Waals surface area contributed by atoms with Gasteiger partial charge in [-0.1, -0.05) is 11.1 Å². The molecule has 0 aromatic rings. The van der Waals surface area contributed by atoms with Gasteiger partial charge in [0.15, 0.2) is 0 Å². The number of ether oxygens (including phenoxy) is 1. The van der Waals surface area contributed by atoms with Crippen molar-refractivity contribution in [1.29, 1.82) is 0 Å². The van der Waals surface area contributed by atoms with Crippen molar-refractivity contribution in [1.82, 2.24) is 0 Å². The molecule has 1 saturated carbocycles. The maximum Gasteiger partial charge on any atom is 0.313 e. The summed E-state index contributed by atoms with van der Waals surface area (Å²) in [5.41, 5.74) is 2.72. The molecule has 4 heteroatoms. The smallest absolute Gasteiger partial charge is 0.313 e. The molecule has 98 valence electrons. The minimum Gasteiger partial charge on any atom is -0.466 e. The summed E-state index contributed by atoms with van der Waals surface area (Å²) >= 11 is 0. The first-order chi connectivity index (χ1) is 8.76. The average molecular weight is 249 g/mol. The van der Waals surface area contributed by atoms with Crippen LogP contribution >= 0.6 is 0 Å². The van der Waals surface area contributed by atoms with Gasteiger partial charge >= 0.3 is 5.97 Å². The van der Waals surface area contributed by atoms with Crippen LogP contribution in [0.4, 0.5) is 0 Å². The fourth-order valence-electron chi connectivity index (χ4n) is 4.22. The molecule has 18 heavy (non-hydrogen) atoms. The van der Waals surface area contributed by atoms with Crippen molar-refractivity contribution in [2.45, 2.75) is 32.6 Å². The standard InChI is InChI=1S/C14H19NO3/c1-2-18-14(16)11-6-10(7-15-17)12-8-3-4-9(5-8)13(11)12/h7-11,17H,2-6H2,1H3/b15-7+. The highest BCUT2D eigenvalue weighted by molar-refractivity contribution is 5.81. The first-order valence-electron chi connectivity index (χ1n) is 6.84. The molecule has 0 saturated heterocycles. The molecule has 4 unspecified atom stereocenters. The van der Waals surface area contributed by atoms with Crippen molar-refractivity contribution in [2.24, 2.45) is 28.8 Å². The van der Waals surface area contributed by atoms with E-state index in [9.17, 15) is 4.79 Å². The molecular formula is C14H19NO3. The highest BCUT2D eigenvalue weighted by Gasteiger charge is 2.50. The number of fused-ring (bicyclic) bond motifs is 4. The van der Waals surface area contributed by atoms with E-state index in [2.05, 4.69) is 5.16 Å². The fraction of sp³-hybridized carbons (Fsp3) is 0.714. The number of nitrogens with zero attached hydrogens (tertiary/aromatic N) is 1. The molecule has 1 fully saturated rings. The average Bonchev–Trinajstić information content (AvgIpc) is 3.01. The quantitative estimate of drug-likeness (QED) is 0.275. The van der Waals surface area contributed by atoms with Crippen molar-refractivity contribution >= 4 is 12.2 Å². The number of rotatable bonds is 3. The third kappa shape index (κ3) is 1.58. The molecule has 0 spiro atoms. The van der Waals surface area contributed by atoms with E-state index in [0.29, 0.717) is 18.4 Å². The van der Waals surface area contributed by atoms with Crippen LogP contribution in [0.2, 0.25) is 0 Å². The van der Waals surface area contributed by atoms with Crippen molar-refractivity contribution in [2.75, 3.05) is 6.61 Å². The summed E-state index contributed by atoms with van der Waals surface area (Å²) in [6.07, 6.45) is 5.96. The van der Waals surface area contributed by atoms with Gasteiger partial charge in [-0.05, 0) is 44.4 Å². The molecule has 0 radical (unpaired) electrons. The maximum atomic E-state index is 12.1. The minimum absolute atomic E-state index is 0.0850. The number of esters is 1. The summed E-state index contributed by atoms with van der Waals surface area (Å²) in [4.78, 5) is 12.1. The van der Waals surface area contributed by atoms with Gasteiger partial charge in [0.25, 0.3) is 0 Å². The molecule has 3 aliphatic carbocycles. The summed E-state index contributed by atoms with van der Waals surface area (Å²) in [7, 11) is 0. The van der Waals surface area contributed by atoms with E-state index in [4.69, 9.17) is 9.94 Å². The van der Waals surface area contributed by atoms with Gasteiger partial charge in [-0.25, -0.2) is 0 Å². The third-order valence-electron chi connectivity index (χ3n) is 4.73. The van der Waals surface area contributed by atoms with Crippen LogP contribution < -0.4 is 0 Å². The van der Waals surface area contributed by atoms with E-state index < -0.39 is 0 Å². The van der Waals surface area contributed by atoms with E-state index in [-0.39, 0.29) is 17.8 Å². The summed E-state index contributed by atoms with van der Waals surface area (Å²) in [6.45, 7) is 2.28. The van der Waals surface area contributed by atoms with Crippen molar-refractivity contribution in [3.05, 3.63) is 11.1 Å². The topological polar surface area (TPSA) is 58.9 Å². The zero-order valence-electron chi connectivity index (χ0n) is 10.6. The normalized spacial score (nSPS) is 37.6. The molecule has 4 nitrogen and oxygen atoms in total. The minimum atomic E-state index is -0.0913. The van der Waals surface area contributed by atoms with Gasteiger partial charge in [0.2, 0.25) is 0 Å². The molecule has 1 N–H and O–H groups in total. The number of hydrogen-bond acceptors (Lipinski definition) is 4. The Morgan fingerprint density at radius 3 is 2.78 bits per heavy atom. The van der Waals surface area contributed by atoms with Crippen LogP contribution in [0, 0.1) is 23.7 Å². The number of carbonyl (C=O) groups excluding carboxylic acids is 1. The molecule has 4 atom stereocenters. The molecule has 0 aromatic carbocycles. The Balaban J connectivity index is 1.91. The van der Waals surface area contributed by atoms with Gasteiger partial charge in [0, 0.05) is 5.92 Å². The molecule has 0 aliphatic heterocycles. The van der Waals surface area contributed by atoms with Crippen LogP contribution in [-0.4, -0.2) is 24.0 Å². The predicted octanol–water partition coefficient (Wildman–Crippen LogP) is 2.37. The Kier molecular flexibility index (Phi) is 2.88. The monoisotopic (exact) mass is 249 g/mol. The largest absolute Gasteiger partial charge is 0.466 e. The van der Waals surface area contributed by atoms with Crippen LogP contribution in [0.15, 0.2) is 16.3 Å². The number of carbonyl (C=O) groups is 1. The van der Waals surface area contributed by atoms with Crippen molar-refractivity contribution < 1.29 is 14.7 Å². The highest BCUT2D eigenvalue weighted by Crippen LogP contribution is 2.58. The zero-order chi connectivity index (χ0) is 12.7. The Bertz CT molecular complexity index is 427. The Morgan fingerprint density at radius 2 is 2.11 bits per heavy atom. The Labute approximate surface area is 107 Å². The SMILES string of the molecule is CCOC(=O)C1CC(/C=N/O)C2=C1C1CCC2C1. The number of oxime groups is 1. The van der Waals surface area contributed by atoms with Crippen LogP contribution in [0.5, 0.6) is 0 Å². The fourth-order valence-corrected chi connectivity index (χ4v) is 4.22. The maximum absolute atomic E-state index is 12.1. The van der Waals surface area contributed by atoms with Gasteiger partial charge in [-0.15, -0.1) is 5.16 Å². The van der Waals surface area contributed by atoms with E-state index in [0.717, 1.165) is 6.42 Å². The molecule has 2 bridgehead atoms. The molecule has 0 heterocycles. The second kappa shape index (κ2) is 4.41. The highest BCUT2D eigenvalue weighted by atomic mass is 16.5. The Morgan fingerprint density at radius 1 is 1.39 bits per heavy atom.